The lowest BCUT2D eigenvalue weighted by atomic mass is 9.82. The highest BCUT2D eigenvalue weighted by atomic mass is 16.2. The number of likely N-dealkylation sites (tertiary alicyclic amines) is 1. The molecule has 0 aromatic carbocycles. The average Bonchev–Trinajstić information content (AvgIpc) is 2.51. The minimum atomic E-state index is 0.436. The van der Waals surface area contributed by atoms with Crippen molar-refractivity contribution in [2.75, 3.05) is 6.54 Å². The van der Waals surface area contributed by atoms with Crippen molar-refractivity contribution in [1.82, 2.24) is 4.90 Å². The number of amides is 1. The van der Waals surface area contributed by atoms with Crippen LogP contribution in [0.15, 0.2) is 0 Å². The van der Waals surface area contributed by atoms with Crippen molar-refractivity contribution < 1.29 is 4.79 Å². The van der Waals surface area contributed by atoms with Crippen LogP contribution in [0.4, 0.5) is 0 Å². The van der Waals surface area contributed by atoms with E-state index in [1.165, 1.54) is 44.9 Å². The lowest BCUT2D eigenvalue weighted by molar-refractivity contribution is -0.134. The topological polar surface area (TPSA) is 20.3 Å². The first-order valence-corrected chi connectivity index (χ1v) is 7.60. The zero-order valence-corrected chi connectivity index (χ0v) is 11.3. The Morgan fingerprint density at radius 3 is 2.59 bits per heavy atom. The SMILES string of the molecule is CCC1CCCCCN1C(=O)CCC1CCC1. The molecule has 0 aromatic heterocycles. The molecule has 0 radical (unpaired) electrons. The molecule has 98 valence electrons. The van der Waals surface area contributed by atoms with Gasteiger partial charge in [0.05, 0.1) is 0 Å². The van der Waals surface area contributed by atoms with E-state index >= 15 is 0 Å². The fourth-order valence-corrected chi connectivity index (χ4v) is 3.18. The van der Waals surface area contributed by atoms with Gasteiger partial charge >= 0.3 is 0 Å². The van der Waals surface area contributed by atoms with Crippen molar-refractivity contribution in [3.8, 4) is 0 Å². The van der Waals surface area contributed by atoms with Gasteiger partial charge in [-0.05, 0) is 31.6 Å². The molecule has 1 saturated carbocycles. The molecular weight excluding hydrogens is 210 g/mol. The van der Waals surface area contributed by atoms with Crippen LogP contribution in [0.2, 0.25) is 0 Å². The second-order valence-corrected chi connectivity index (χ2v) is 5.83. The maximum atomic E-state index is 12.3. The average molecular weight is 237 g/mol. The van der Waals surface area contributed by atoms with Gasteiger partial charge in [-0.25, -0.2) is 0 Å². The van der Waals surface area contributed by atoms with Gasteiger partial charge in [-0.2, -0.15) is 0 Å². The molecule has 1 heterocycles. The fraction of sp³-hybridized carbons (Fsp3) is 0.933. The zero-order valence-electron chi connectivity index (χ0n) is 11.3. The van der Waals surface area contributed by atoms with E-state index in [4.69, 9.17) is 0 Å². The molecule has 2 nitrogen and oxygen atoms in total. The van der Waals surface area contributed by atoms with Gasteiger partial charge in [-0.3, -0.25) is 4.79 Å². The van der Waals surface area contributed by atoms with Crippen LogP contribution in [-0.2, 0) is 4.79 Å². The second kappa shape index (κ2) is 6.42. The lowest BCUT2D eigenvalue weighted by Crippen LogP contribution is -2.39. The van der Waals surface area contributed by atoms with E-state index in [2.05, 4.69) is 11.8 Å². The standard InChI is InChI=1S/C15H27NO/c1-2-14-9-4-3-5-12-16(14)15(17)11-10-13-7-6-8-13/h13-14H,2-12H2,1H3. The van der Waals surface area contributed by atoms with Crippen LogP contribution < -0.4 is 0 Å². The predicted octanol–water partition coefficient (Wildman–Crippen LogP) is 3.75. The third-order valence-corrected chi connectivity index (χ3v) is 4.66. The van der Waals surface area contributed by atoms with Gasteiger partial charge in [0.15, 0.2) is 0 Å². The maximum absolute atomic E-state index is 12.3. The van der Waals surface area contributed by atoms with Gasteiger partial charge in [-0.1, -0.05) is 39.0 Å². The Hall–Kier alpha value is -0.530. The van der Waals surface area contributed by atoms with Gasteiger partial charge in [-0.15, -0.1) is 0 Å². The summed E-state index contributed by atoms with van der Waals surface area (Å²) in [7, 11) is 0. The van der Waals surface area contributed by atoms with Crippen LogP contribution in [0.5, 0.6) is 0 Å². The summed E-state index contributed by atoms with van der Waals surface area (Å²) in [6, 6.07) is 0.534. The van der Waals surface area contributed by atoms with E-state index in [0.717, 1.165) is 31.7 Å². The molecule has 1 aliphatic heterocycles. The summed E-state index contributed by atoms with van der Waals surface area (Å²) in [5.74, 6) is 1.30. The number of nitrogens with zero attached hydrogens (tertiary/aromatic N) is 1. The van der Waals surface area contributed by atoms with E-state index in [1.807, 2.05) is 0 Å². The van der Waals surface area contributed by atoms with Crippen molar-refractivity contribution in [1.29, 1.82) is 0 Å². The van der Waals surface area contributed by atoms with Gasteiger partial charge in [0, 0.05) is 19.0 Å². The molecule has 2 aliphatic rings. The van der Waals surface area contributed by atoms with Crippen molar-refractivity contribution in [2.24, 2.45) is 5.92 Å². The lowest BCUT2D eigenvalue weighted by Gasteiger charge is -2.31. The molecule has 0 N–H and O–H groups in total. The molecule has 1 unspecified atom stereocenters. The molecule has 0 aromatic rings. The largest absolute Gasteiger partial charge is 0.340 e. The Kier molecular flexibility index (Phi) is 4.87. The quantitative estimate of drug-likeness (QED) is 0.729. The Morgan fingerprint density at radius 2 is 1.94 bits per heavy atom. The van der Waals surface area contributed by atoms with Crippen molar-refractivity contribution in [2.45, 2.75) is 77.2 Å². The third-order valence-electron chi connectivity index (χ3n) is 4.66. The smallest absolute Gasteiger partial charge is 0.222 e. The zero-order chi connectivity index (χ0) is 12.1. The highest BCUT2D eigenvalue weighted by Gasteiger charge is 2.25. The monoisotopic (exact) mass is 237 g/mol. The number of hydrogen-bond acceptors (Lipinski definition) is 1. The Balaban J connectivity index is 1.81. The number of carbonyl (C=O) groups excluding carboxylic acids is 1. The molecule has 0 bridgehead atoms. The summed E-state index contributed by atoms with van der Waals surface area (Å²) in [5, 5.41) is 0. The summed E-state index contributed by atoms with van der Waals surface area (Å²) in [6.45, 7) is 3.24. The molecule has 2 heteroatoms. The molecule has 1 saturated heterocycles. The Labute approximate surface area is 106 Å². The Bertz CT molecular complexity index is 247. The summed E-state index contributed by atoms with van der Waals surface area (Å²) in [5.41, 5.74) is 0. The number of hydrogen-bond donors (Lipinski definition) is 0. The highest BCUT2D eigenvalue weighted by Crippen LogP contribution is 2.31. The van der Waals surface area contributed by atoms with Crippen molar-refractivity contribution in [3.05, 3.63) is 0 Å². The van der Waals surface area contributed by atoms with Crippen LogP contribution >= 0.6 is 0 Å². The fourth-order valence-electron chi connectivity index (χ4n) is 3.18. The van der Waals surface area contributed by atoms with Crippen LogP contribution in [0.25, 0.3) is 0 Å². The first-order valence-electron chi connectivity index (χ1n) is 7.60. The van der Waals surface area contributed by atoms with E-state index < -0.39 is 0 Å². The van der Waals surface area contributed by atoms with E-state index in [0.29, 0.717) is 11.9 Å². The molecule has 2 rings (SSSR count). The van der Waals surface area contributed by atoms with E-state index in [1.54, 1.807) is 0 Å². The minimum absolute atomic E-state index is 0.436. The molecule has 1 aliphatic carbocycles. The molecular formula is C15H27NO. The first kappa shape index (κ1) is 12.9. The van der Waals surface area contributed by atoms with E-state index in [9.17, 15) is 4.79 Å². The molecule has 2 fully saturated rings. The summed E-state index contributed by atoms with van der Waals surface area (Å²) in [6.07, 6.45) is 12.3. The predicted molar refractivity (Wildman–Crippen MR) is 70.8 cm³/mol. The van der Waals surface area contributed by atoms with Crippen molar-refractivity contribution in [3.63, 3.8) is 0 Å². The van der Waals surface area contributed by atoms with Crippen LogP contribution in [0.1, 0.15) is 71.1 Å². The van der Waals surface area contributed by atoms with Gasteiger partial charge in [0.2, 0.25) is 5.91 Å². The van der Waals surface area contributed by atoms with Crippen LogP contribution in [0, 0.1) is 5.92 Å². The van der Waals surface area contributed by atoms with Crippen LogP contribution in [-0.4, -0.2) is 23.4 Å². The number of carbonyl (C=O) groups is 1. The van der Waals surface area contributed by atoms with Gasteiger partial charge < -0.3 is 4.90 Å². The second-order valence-electron chi connectivity index (χ2n) is 5.83. The molecule has 0 spiro atoms. The molecule has 17 heavy (non-hydrogen) atoms. The van der Waals surface area contributed by atoms with Crippen molar-refractivity contribution >= 4 is 5.91 Å². The van der Waals surface area contributed by atoms with Gasteiger partial charge in [0.25, 0.3) is 0 Å². The summed E-state index contributed by atoms with van der Waals surface area (Å²) >= 11 is 0. The molecule has 1 amide bonds. The number of rotatable bonds is 4. The first-order chi connectivity index (χ1) is 8.31. The van der Waals surface area contributed by atoms with Crippen LogP contribution in [0.3, 0.4) is 0 Å². The summed E-state index contributed by atoms with van der Waals surface area (Å²) < 4.78 is 0. The Morgan fingerprint density at radius 1 is 1.12 bits per heavy atom. The maximum Gasteiger partial charge on any atom is 0.222 e. The highest BCUT2D eigenvalue weighted by molar-refractivity contribution is 5.76. The third kappa shape index (κ3) is 3.46. The van der Waals surface area contributed by atoms with E-state index in [-0.39, 0.29) is 0 Å². The van der Waals surface area contributed by atoms with Gasteiger partial charge in [0.1, 0.15) is 0 Å². The normalized spacial score (nSPS) is 26.4. The summed E-state index contributed by atoms with van der Waals surface area (Å²) in [4.78, 5) is 14.5. The minimum Gasteiger partial charge on any atom is -0.340 e. The molecule has 1 atom stereocenters.